The first-order valence-electron chi connectivity index (χ1n) is 10.9. The summed E-state index contributed by atoms with van der Waals surface area (Å²) < 4.78 is 2.10. The molecule has 2 aromatic carbocycles. The van der Waals surface area contributed by atoms with Gasteiger partial charge in [-0.25, -0.2) is 9.97 Å². The van der Waals surface area contributed by atoms with Crippen molar-refractivity contribution in [1.29, 1.82) is 0 Å². The zero-order valence-electron chi connectivity index (χ0n) is 18.9. The van der Waals surface area contributed by atoms with Crippen LogP contribution >= 0.6 is 11.6 Å². The zero-order chi connectivity index (χ0) is 22.7. The molecule has 2 heterocycles. The quantitative estimate of drug-likeness (QED) is 0.357. The van der Waals surface area contributed by atoms with Crippen molar-refractivity contribution in [2.75, 3.05) is 5.32 Å². The predicted molar refractivity (Wildman–Crippen MR) is 134 cm³/mol. The normalized spacial score (nSPS) is 11.9. The van der Waals surface area contributed by atoms with Crippen LogP contribution in [0.1, 0.15) is 38.4 Å². The number of aryl methyl sites for hydroxylation is 1. The third kappa shape index (κ3) is 5.12. The van der Waals surface area contributed by atoms with Crippen LogP contribution in [0.3, 0.4) is 0 Å². The van der Waals surface area contributed by atoms with Gasteiger partial charge in [-0.15, -0.1) is 0 Å². The lowest BCUT2D eigenvalue weighted by Crippen LogP contribution is -2.19. The highest BCUT2D eigenvalue weighted by atomic mass is 35.5. The van der Waals surface area contributed by atoms with E-state index >= 15 is 0 Å². The summed E-state index contributed by atoms with van der Waals surface area (Å²) in [6.45, 7) is 6.66. The molecule has 32 heavy (non-hydrogen) atoms. The Labute approximate surface area is 194 Å². The number of halogens is 1. The zero-order valence-corrected chi connectivity index (χ0v) is 19.6. The van der Waals surface area contributed by atoms with Crippen LogP contribution in [0.2, 0.25) is 5.02 Å². The predicted octanol–water partition coefficient (Wildman–Crippen LogP) is 6.54. The number of benzene rings is 2. The number of rotatable bonds is 5. The first kappa shape index (κ1) is 21.9. The molecular formula is C27H27ClN4. The summed E-state index contributed by atoms with van der Waals surface area (Å²) in [7, 11) is 2.04. The summed E-state index contributed by atoms with van der Waals surface area (Å²) in [5.74, 6) is 7.90. The Hall–Kier alpha value is -3.29. The molecule has 0 amide bonds. The van der Waals surface area contributed by atoms with E-state index in [0.717, 1.165) is 50.8 Å². The van der Waals surface area contributed by atoms with Gasteiger partial charge in [-0.1, -0.05) is 49.6 Å². The van der Waals surface area contributed by atoms with Gasteiger partial charge in [0.05, 0.1) is 11.0 Å². The van der Waals surface area contributed by atoms with Crippen molar-refractivity contribution in [1.82, 2.24) is 14.5 Å². The summed E-state index contributed by atoms with van der Waals surface area (Å²) in [5.41, 5.74) is 5.78. The van der Waals surface area contributed by atoms with Crippen molar-refractivity contribution in [3.05, 3.63) is 77.1 Å². The van der Waals surface area contributed by atoms with E-state index in [1.54, 1.807) is 0 Å². The summed E-state index contributed by atoms with van der Waals surface area (Å²) in [6.07, 6.45) is 2.94. The monoisotopic (exact) mass is 442 g/mol. The van der Waals surface area contributed by atoms with E-state index in [-0.39, 0.29) is 0 Å². The average molecular weight is 443 g/mol. The van der Waals surface area contributed by atoms with Crippen molar-refractivity contribution in [3.8, 4) is 23.0 Å². The molecule has 0 aliphatic rings. The Morgan fingerprint density at radius 1 is 0.969 bits per heavy atom. The van der Waals surface area contributed by atoms with Crippen LogP contribution in [0.25, 0.3) is 22.2 Å². The fourth-order valence-electron chi connectivity index (χ4n) is 3.81. The fourth-order valence-corrected chi connectivity index (χ4v) is 3.94. The Morgan fingerprint density at radius 2 is 1.72 bits per heavy atom. The van der Waals surface area contributed by atoms with Gasteiger partial charge in [0.25, 0.3) is 0 Å². The van der Waals surface area contributed by atoms with Crippen molar-refractivity contribution in [2.45, 2.75) is 33.2 Å². The van der Waals surface area contributed by atoms with Crippen LogP contribution in [0, 0.1) is 17.8 Å². The molecular weight excluding hydrogens is 416 g/mol. The fraction of sp³-hybridized carbons (Fsp3) is 0.259. The molecule has 0 aliphatic heterocycles. The van der Waals surface area contributed by atoms with Crippen molar-refractivity contribution < 1.29 is 0 Å². The molecule has 4 nitrogen and oxygen atoms in total. The average Bonchev–Trinajstić information content (AvgIpc) is 3.07. The van der Waals surface area contributed by atoms with Gasteiger partial charge in [0.15, 0.2) is 0 Å². The second kappa shape index (κ2) is 9.46. The van der Waals surface area contributed by atoms with E-state index in [0.29, 0.717) is 12.0 Å². The highest BCUT2D eigenvalue weighted by Crippen LogP contribution is 2.22. The minimum absolute atomic E-state index is 0.367. The lowest BCUT2D eigenvalue weighted by atomic mass is 10.1. The van der Waals surface area contributed by atoms with Crippen molar-refractivity contribution in [3.63, 3.8) is 0 Å². The van der Waals surface area contributed by atoms with Gasteiger partial charge in [0, 0.05) is 35.4 Å². The largest absolute Gasteiger partial charge is 0.353 e. The van der Waals surface area contributed by atoms with E-state index < -0.39 is 0 Å². The number of anilines is 1. The summed E-state index contributed by atoms with van der Waals surface area (Å²) in [4.78, 5) is 9.28. The van der Waals surface area contributed by atoms with Gasteiger partial charge in [0.1, 0.15) is 5.69 Å². The number of hydrogen-bond acceptors (Lipinski definition) is 3. The second-order valence-electron chi connectivity index (χ2n) is 8.56. The van der Waals surface area contributed by atoms with Crippen LogP contribution in [-0.2, 0) is 7.05 Å². The SMILES string of the molecule is CC(C)CC(C)Nc1nc2cc(C#Cc3ccc(-c4ccc(Cl)cc4)cn3)ccc2n1C. The van der Waals surface area contributed by atoms with Crippen LogP contribution in [0.5, 0.6) is 0 Å². The van der Waals surface area contributed by atoms with Gasteiger partial charge in [-0.05, 0) is 67.1 Å². The van der Waals surface area contributed by atoms with Crippen LogP contribution in [0.15, 0.2) is 60.8 Å². The first-order valence-corrected chi connectivity index (χ1v) is 11.2. The van der Waals surface area contributed by atoms with Crippen LogP contribution in [-0.4, -0.2) is 20.6 Å². The number of nitrogens with zero attached hydrogens (tertiary/aromatic N) is 3. The number of imidazole rings is 1. The molecule has 1 unspecified atom stereocenters. The van der Waals surface area contributed by atoms with E-state index in [9.17, 15) is 0 Å². The molecule has 0 aliphatic carbocycles. The molecule has 0 saturated carbocycles. The maximum Gasteiger partial charge on any atom is 0.203 e. The number of pyridine rings is 1. The summed E-state index contributed by atoms with van der Waals surface area (Å²) in [6, 6.07) is 18.2. The molecule has 0 fully saturated rings. The lowest BCUT2D eigenvalue weighted by molar-refractivity contribution is 0.536. The number of nitrogens with one attached hydrogen (secondary N) is 1. The Morgan fingerprint density at radius 3 is 2.41 bits per heavy atom. The van der Waals surface area contributed by atoms with Crippen LogP contribution in [0.4, 0.5) is 5.95 Å². The van der Waals surface area contributed by atoms with Gasteiger partial charge >= 0.3 is 0 Å². The molecule has 2 aromatic heterocycles. The highest BCUT2D eigenvalue weighted by molar-refractivity contribution is 6.30. The third-order valence-electron chi connectivity index (χ3n) is 5.36. The van der Waals surface area contributed by atoms with Gasteiger partial charge < -0.3 is 9.88 Å². The molecule has 1 atom stereocenters. The number of hydrogen-bond donors (Lipinski definition) is 1. The van der Waals surface area contributed by atoms with E-state index in [1.807, 2.05) is 61.8 Å². The third-order valence-corrected chi connectivity index (χ3v) is 5.61. The molecule has 0 radical (unpaired) electrons. The number of fused-ring (bicyclic) bond motifs is 1. The standard InChI is InChI=1S/C27H27ClN4/c1-18(2)15-19(3)30-27-31-25-16-20(6-14-26(25)32(27)4)5-12-24-13-9-22(17-29-24)21-7-10-23(28)11-8-21/h6-11,13-14,16-19H,15H2,1-4H3,(H,30,31). The molecule has 0 bridgehead atoms. The smallest absolute Gasteiger partial charge is 0.203 e. The molecule has 0 saturated heterocycles. The summed E-state index contributed by atoms with van der Waals surface area (Å²) >= 11 is 5.97. The molecule has 5 heteroatoms. The molecule has 162 valence electrons. The first-order chi connectivity index (χ1) is 15.4. The van der Waals surface area contributed by atoms with Crippen molar-refractivity contribution >= 4 is 28.6 Å². The van der Waals surface area contributed by atoms with E-state index in [4.69, 9.17) is 16.6 Å². The highest BCUT2D eigenvalue weighted by Gasteiger charge is 2.11. The number of aromatic nitrogens is 3. The summed E-state index contributed by atoms with van der Waals surface area (Å²) in [5, 5.41) is 4.25. The minimum atomic E-state index is 0.367. The van der Waals surface area contributed by atoms with Gasteiger partial charge in [-0.2, -0.15) is 0 Å². The van der Waals surface area contributed by atoms with E-state index in [1.165, 1.54) is 0 Å². The minimum Gasteiger partial charge on any atom is -0.353 e. The second-order valence-corrected chi connectivity index (χ2v) is 9.00. The molecule has 4 rings (SSSR count). The van der Waals surface area contributed by atoms with E-state index in [2.05, 4.69) is 53.5 Å². The molecule has 1 N–H and O–H groups in total. The molecule has 4 aromatic rings. The van der Waals surface area contributed by atoms with Gasteiger partial charge in [-0.3, -0.25) is 0 Å². The van der Waals surface area contributed by atoms with Crippen LogP contribution < -0.4 is 5.32 Å². The van der Waals surface area contributed by atoms with Crippen molar-refractivity contribution in [2.24, 2.45) is 13.0 Å². The topological polar surface area (TPSA) is 42.7 Å². The Kier molecular flexibility index (Phi) is 6.48. The lowest BCUT2D eigenvalue weighted by Gasteiger charge is -2.16. The maximum absolute atomic E-state index is 5.97. The Bertz CT molecular complexity index is 1280. The maximum atomic E-state index is 5.97. The molecule has 0 spiro atoms. The Balaban J connectivity index is 1.52. The van der Waals surface area contributed by atoms with Gasteiger partial charge in [0.2, 0.25) is 5.95 Å².